The molecule has 8 nitrogen and oxygen atoms in total. The quantitative estimate of drug-likeness (QED) is 0.589. The van der Waals surface area contributed by atoms with Crippen LogP contribution in [-0.2, 0) is 6.61 Å². The number of fused-ring (bicyclic) bond motifs is 3. The van der Waals surface area contributed by atoms with Crippen molar-refractivity contribution in [3.8, 4) is 22.9 Å². The summed E-state index contributed by atoms with van der Waals surface area (Å²) in [6, 6.07) is 10.1. The van der Waals surface area contributed by atoms with E-state index in [1.807, 2.05) is 12.1 Å². The van der Waals surface area contributed by atoms with Crippen molar-refractivity contribution < 1.29 is 19.3 Å². The average Bonchev–Trinajstić information content (AvgIpc) is 3.11. The summed E-state index contributed by atoms with van der Waals surface area (Å²) in [5.41, 5.74) is 2.16. The van der Waals surface area contributed by atoms with E-state index in [4.69, 9.17) is 9.84 Å². The second kappa shape index (κ2) is 7.35. The fourth-order valence-electron chi connectivity index (χ4n) is 4.33. The lowest BCUT2D eigenvalue weighted by Crippen LogP contribution is -2.50. The molecule has 3 aromatic rings. The third kappa shape index (κ3) is 3.40. The summed E-state index contributed by atoms with van der Waals surface area (Å²) in [5, 5.41) is 31.3. The number of aliphatic hydroxyl groups is 1. The normalized spacial score (nSPS) is 21.9. The van der Waals surface area contributed by atoms with Gasteiger partial charge in [-0.05, 0) is 36.8 Å². The highest BCUT2D eigenvalue weighted by Crippen LogP contribution is 2.43. The Labute approximate surface area is 178 Å². The molecule has 160 valence electrons. The van der Waals surface area contributed by atoms with E-state index in [1.165, 1.54) is 12.3 Å². The van der Waals surface area contributed by atoms with Crippen LogP contribution in [0.4, 0.5) is 15.9 Å². The SMILES string of the molecule is CC12CNc3nnc(-c4ccccc4O)cc3N1CC(Oc1ncc(CO)cc1F)C2. The van der Waals surface area contributed by atoms with Crippen LogP contribution in [-0.4, -0.2) is 50.1 Å². The van der Waals surface area contributed by atoms with Gasteiger partial charge in [0.1, 0.15) is 11.9 Å². The first kappa shape index (κ1) is 19.5. The van der Waals surface area contributed by atoms with Gasteiger partial charge >= 0.3 is 0 Å². The summed E-state index contributed by atoms with van der Waals surface area (Å²) in [7, 11) is 0. The van der Waals surface area contributed by atoms with Gasteiger partial charge in [-0.1, -0.05) is 12.1 Å². The molecule has 2 atom stereocenters. The highest BCUT2D eigenvalue weighted by atomic mass is 19.1. The number of nitrogens with zero attached hydrogens (tertiary/aromatic N) is 4. The predicted molar refractivity (Wildman–Crippen MR) is 113 cm³/mol. The molecule has 0 saturated carbocycles. The second-order valence-corrected chi connectivity index (χ2v) is 8.17. The van der Waals surface area contributed by atoms with Crippen LogP contribution in [0.3, 0.4) is 0 Å². The van der Waals surface area contributed by atoms with Gasteiger partial charge in [0.25, 0.3) is 5.88 Å². The Morgan fingerprint density at radius 3 is 2.90 bits per heavy atom. The Morgan fingerprint density at radius 2 is 2.13 bits per heavy atom. The molecule has 0 amide bonds. The third-order valence-electron chi connectivity index (χ3n) is 5.91. The number of hydrogen-bond donors (Lipinski definition) is 3. The smallest absolute Gasteiger partial charge is 0.250 e. The minimum Gasteiger partial charge on any atom is -0.507 e. The van der Waals surface area contributed by atoms with Crippen LogP contribution >= 0.6 is 0 Å². The molecule has 2 aromatic heterocycles. The lowest BCUT2D eigenvalue weighted by atomic mass is 9.95. The zero-order valence-electron chi connectivity index (χ0n) is 16.9. The molecule has 0 aliphatic carbocycles. The van der Waals surface area contributed by atoms with Gasteiger partial charge < -0.3 is 25.2 Å². The molecule has 0 bridgehead atoms. The summed E-state index contributed by atoms with van der Waals surface area (Å²) < 4.78 is 20.2. The van der Waals surface area contributed by atoms with Crippen LogP contribution in [0.25, 0.3) is 11.3 Å². The number of phenolic OH excluding ortho intramolecular Hbond substituents is 1. The van der Waals surface area contributed by atoms with Crippen molar-refractivity contribution in [2.24, 2.45) is 0 Å². The van der Waals surface area contributed by atoms with E-state index < -0.39 is 5.82 Å². The maximum atomic E-state index is 14.3. The number of phenols is 1. The molecule has 1 fully saturated rings. The van der Waals surface area contributed by atoms with E-state index in [2.05, 4.69) is 32.3 Å². The van der Waals surface area contributed by atoms with Gasteiger partial charge in [0.15, 0.2) is 11.6 Å². The number of nitrogens with one attached hydrogen (secondary N) is 1. The maximum Gasteiger partial charge on any atom is 0.250 e. The van der Waals surface area contributed by atoms with E-state index in [9.17, 15) is 9.50 Å². The molecule has 31 heavy (non-hydrogen) atoms. The minimum atomic E-state index is -0.590. The van der Waals surface area contributed by atoms with Crippen LogP contribution < -0.4 is 15.0 Å². The number of anilines is 2. The zero-order chi connectivity index (χ0) is 21.6. The molecule has 1 aromatic carbocycles. The van der Waals surface area contributed by atoms with Crippen molar-refractivity contribution in [3.05, 3.63) is 54.0 Å². The predicted octanol–water partition coefficient (Wildman–Crippen LogP) is 2.72. The summed E-state index contributed by atoms with van der Waals surface area (Å²) in [5.74, 6) is 0.141. The standard InChI is InChI=1S/C22H22FN5O3/c1-22-8-14(31-21-16(23)6-13(11-29)9-24-21)10-28(22)18-7-17(26-27-20(18)25-12-22)15-4-2-3-5-19(15)30/h2-7,9,14,29-30H,8,10-12H2,1H3,(H,25,27). The van der Waals surface area contributed by atoms with Crippen LogP contribution in [0.1, 0.15) is 18.9 Å². The summed E-state index contributed by atoms with van der Waals surface area (Å²) in [4.78, 5) is 6.22. The monoisotopic (exact) mass is 423 g/mol. The first-order chi connectivity index (χ1) is 15.0. The number of para-hydroxylation sites is 1. The van der Waals surface area contributed by atoms with Gasteiger partial charge in [-0.3, -0.25) is 0 Å². The Balaban J connectivity index is 1.44. The van der Waals surface area contributed by atoms with E-state index in [1.54, 1.807) is 18.2 Å². The van der Waals surface area contributed by atoms with Crippen molar-refractivity contribution >= 4 is 11.5 Å². The van der Waals surface area contributed by atoms with Crippen molar-refractivity contribution in [3.63, 3.8) is 0 Å². The molecule has 2 aliphatic rings. The van der Waals surface area contributed by atoms with Gasteiger partial charge in [-0.15, -0.1) is 10.2 Å². The third-order valence-corrected chi connectivity index (χ3v) is 5.91. The van der Waals surface area contributed by atoms with Gasteiger partial charge in [0.2, 0.25) is 0 Å². The number of pyridine rings is 1. The summed E-state index contributed by atoms with van der Waals surface area (Å²) >= 11 is 0. The van der Waals surface area contributed by atoms with Crippen molar-refractivity contribution in [2.45, 2.75) is 31.6 Å². The zero-order valence-corrected chi connectivity index (χ0v) is 16.9. The maximum absolute atomic E-state index is 14.3. The second-order valence-electron chi connectivity index (χ2n) is 8.17. The summed E-state index contributed by atoms with van der Waals surface area (Å²) in [6.07, 6.45) is 1.80. The van der Waals surface area contributed by atoms with Crippen molar-refractivity contribution in [1.29, 1.82) is 0 Å². The van der Waals surface area contributed by atoms with E-state index in [0.717, 1.165) is 5.69 Å². The fourth-order valence-corrected chi connectivity index (χ4v) is 4.33. The number of benzene rings is 1. The van der Waals surface area contributed by atoms with Gasteiger partial charge in [-0.25, -0.2) is 9.37 Å². The molecule has 1 saturated heterocycles. The van der Waals surface area contributed by atoms with Gasteiger partial charge in [0, 0.05) is 24.7 Å². The molecular formula is C22H22FN5O3. The minimum absolute atomic E-state index is 0.0680. The lowest BCUT2D eigenvalue weighted by molar-refractivity contribution is 0.194. The van der Waals surface area contributed by atoms with Crippen LogP contribution in [0.15, 0.2) is 42.6 Å². The summed E-state index contributed by atoms with van der Waals surface area (Å²) in [6.45, 7) is 3.01. The number of aromatic hydroxyl groups is 1. The molecule has 9 heteroatoms. The number of aliphatic hydroxyl groups excluding tert-OH is 1. The Hall–Kier alpha value is -3.46. The van der Waals surface area contributed by atoms with E-state index in [-0.39, 0.29) is 29.9 Å². The molecular weight excluding hydrogens is 401 g/mol. The number of halogens is 1. The Bertz CT molecular complexity index is 1140. The highest BCUT2D eigenvalue weighted by Gasteiger charge is 2.47. The van der Waals surface area contributed by atoms with Crippen molar-refractivity contribution in [1.82, 2.24) is 15.2 Å². The average molecular weight is 423 g/mol. The van der Waals surface area contributed by atoms with Crippen LogP contribution in [0.5, 0.6) is 11.6 Å². The molecule has 2 aliphatic heterocycles. The van der Waals surface area contributed by atoms with Crippen molar-refractivity contribution in [2.75, 3.05) is 23.3 Å². The number of aromatic nitrogens is 3. The largest absolute Gasteiger partial charge is 0.507 e. The first-order valence-corrected chi connectivity index (χ1v) is 10.1. The lowest BCUT2D eigenvalue weighted by Gasteiger charge is -2.41. The van der Waals surface area contributed by atoms with E-state index >= 15 is 0 Å². The van der Waals surface area contributed by atoms with Crippen LogP contribution in [0, 0.1) is 5.82 Å². The number of hydrogen-bond acceptors (Lipinski definition) is 8. The molecule has 3 N–H and O–H groups in total. The van der Waals surface area contributed by atoms with Gasteiger partial charge in [0.05, 0.1) is 30.1 Å². The molecule has 0 spiro atoms. The Kier molecular flexibility index (Phi) is 4.62. The molecule has 5 rings (SSSR count). The molecule has 2 unspecified atom stereocenters. The highest BCUT2D eigenvalue weighted by molar-refractivity contribution is 5.77. The number of ether oxygens (including phenoxy) is 1. The van der Waals surface area contributed by atoms with Crippen LogP contribution in [0.2, 0.25) is 0 Å². The number of rotatable bonds is 4. The topological polar surface area (TPSA) is 104 Å². The fraction of sp³-hybridized carbons (Fsp3) is 0.318. The van der Waals surface area contributed by atoms with E-state index in [0.29, 0.717) is 42.1 Å². The molecule has 4 heterocycles. The van der Waals surface area contributed by atoms with Gasteiger partial charge in [-0.2, -0.15) is 0 Å². The molecule has 0 radical (unpaired) electrons. The first-order valence-electron chi connectivity index (χ1n) is 10.1. The Morgan fingerprint density at radius 1 is 1.29 bits per heavy atom.